The minimum atomic E-state index is -0.221. The van der Waals surface area contributed by atoms with Crippen molar-refractivity contribution >= 4 is 22.7 Å². The molecule has 0 saturated heterocycles. The number of rotatable bonds is 1. The first kappa shape index (κ1) is 13.1. The Labute approximate surface area is 128 Å². The first-order chi connectivity index (χ1) is 10.7. The summed E-state index contributed by atoms with van der Waals surface area (Å²) < 4.78 is 15.5. The molecule has 1 aromatic heterocycles. The molecule has 3 heteroatoms. The lowest BCUT2D eigenvalue weighted by atomic mass is 10.1. The van der Waals surface area contributed by atoms with E-state index in [9.17, 15) is 4.39 Å². The average Bonchev–Trinajstić information content (AvgIpc) is 2.85. The first-order valence-corrected chi connectivity index (χ1v) is 7.51. The zero-order valence-corrected chi connectivity index (χ0v) is 12.4. The normalized spacial score (nSPS) is 14.0. The highest BCUT2D eigenvalue weighted by Crippen LogP contribution is 2.20. The van der Waals surface area contributed by atoms with Crippen LogP contribution in [0.2, 0.25) is 0 Å². The number of aryl methyl sites for hydroxylation is 1. The second kappa shape index (κ2) is 4.73. The van der Waals surface area contributed by atoms with Gasteiger partial charge in [0, 0.05) is 22.0 Å². The van der Waals surface area contributed by atoms with Gasteiger partial charge in [0.15, 0.2) is 0 Å². The molecule has 0 unspecified atom stereocenters. The molecule has 110 valence electrons. The van der Waals surface area contributed by atoms with Crippen molar-refractivity contribution in [1.82, 2.24) is 4.57 Å². The van der Waals surface area contributed by atoms with Gasteiger partial charge < -0.3 is 10.3 Å². The van der Waals surface area contributed by atoms with Crippen molar-refractivity contribution in [2.45, 2.75) is 19.8 Å². The third-order valence-corrected chi connectivity index (χ3v) is 4.39. The molecule has 2 nitrogen and oxygen atoms in total. The van der Waals surface area contributed by atoms with Crippen LogP contribution in [0.25, 0.3) is 28.4 Å². The summed E-state index contributed by atoms with van der Waals surface area (Å²) in [4.78, 5) is 0. The molecule has 2 N–H and O–H groups in total. The minimum absolute atomic E-state index is 0.221. The van der Waals surface area contributed by atoms with E-state index in [-0.39, 0.29) is 5.82 Å². The van der Waals surface area contributed by atoms with Gasteiger partial charge in [-0.25, -0.2) is 4.39 Å². The van der Waals surface area contributed by atoms with Crippen molar-refractivity contribution < 1.29 is 4.39 Å². The van der Waals surface area contributed by atoms with Crippen LogP contribution in [0.15, 0.2) is 42.5 Å². The Morgan fingerprint density at radius 2 is 1.86 bits per heavy atom. The van der Waals surface area contributed by atoms with E-state index >= 15 is 0 Å². The number of benzene rings is 2. The lowest BCUT2D eigenvalue weighted by Crippen LogP contribution is -2.34. The number of aromatic nitrogens is 1. The molecule has 2 aromatic carbocycles. The maximum atomic E-state index is 13.3. The van der Waals surface area contributed by atoms with E-state index in [1.165, 1.54) is 23.1 Å². The largest absolute Gasteiger partial charge is 0.401 e. The quantitative estimate of drug-likeness (QED) is 0.734. The average molecular weight is 292 g/mol. The van der Waals surface area contributed by atoms with Gasteiger partial charge in [-0.2, -0.15) is 0 Å². The maximum Gasteiger partial charge on any atom is 0.123 e. The number of halogens is 1. The lowest BCUT2D eigenvalue weighted by molar-refractivity contribution is 0.627. The Kier molecular flexibility index (Phi) is 2.83. The van der Waals surface area contributed by atoms with Crippen molar-refractivity contribution in [3.8, 4) is 5.69 Å². The zero-order chi connectivity index (χ0) is 15.3. The van der Waals surface area contributed by atoms with Gasteiger partial charge in [-0.1, -0.05) is 24.3 Å². The maximum absolute atomic E-state index is 13.3. The smallest absolute Gasteiger partial charge is 0.123 e. The Bertz CT molecular complexity index is 995. The number of fused-ring (bicyclic) bond motifs is 3. The fourth-order valence-electron chi connectivity index (χ4n) is 3.41. The Balaban J connectivity index is 2.25. The molecule has 0 atom stereocenters. The van der Waals surface area contributed by atoms with Crippen molar-refractivity contribution in [1.29, 1.82) is 0 Å². The van der Waals surface area contributed by atoms with Gasteiger partial charge in [-0.05, 0) is 49.6 Å². The molecule has 1 heterocycles. The number of nitrogens with zero attached hydrogens (tertiary/aromatic N) is 1. The molecule has 0 bridgehead atoms. The van der Waals surface area contributed by atoms with Crippen LogP contribution in [0.5, 0.6) is 0 Å². The van der Waals surface area contributed by atoms with Crippen molar-refractivity contribution in [3.05, 3.63) is 64.4 Å². The molecule has 0 radical (unpaired) electrons. The number of hydrogen-bond acceptors (Lipinski definition) is 1. The third-order valence-electron chi connectivity index (χ3n) is 4.39. The van der Waals surface area contributed by atoms with E-state index < -0.39 is 0 Å². The summed E-state index contributed by atoms with van der Waals surface area (Å²) in [7, 11) is 0. The monoisotopic (exact) mass is 292 g/mol. The summed E-state index contributed by atoms with van der Waals surface area (Å²) in [5.41, 5.74) is 10.6. The highest BCUT2D eigenvalue weighted by atomic mass is 19.1. The molecule has 4 rings (SSSR count). The van der Waals surface area contributed by atoms with E-state index in [1.807, 2.05) is 12.1 Å². The topological polar surface area (TPSA) is 30.9 Å². The van der Waals surface area contributed by atoms with Crippen molar-refractivity contribution in [2.24, 2.45) is 5.73 Å². The summed E-state index contributed by atoms with van der Waals surface area (Å²) in [5, 5.41) is 3.43. The van der Waals surface area contributed by atoms with E-state index in [0.29, 0.717) is 0 Å². The first-order valence-electron chi connectivity index (χ1n) is 7.51. The van der Waals surface area contributed by atoms with Crippen LogP contribution in [0.1, 0.15) is 18.4 Å². The molecule has 3 aromatic rings. The zero-order valence-electron chi connectivity index (χ0n) is 12.4. The summed E-state index contributed by atoms with van der Waals surface area (Å²) in [5.74, 6) is -0.221. The molecule has 0 amide bonds. The van der Waals surface area contributed by atoms with Crippen molar-refractivity contribution in [2.75, 3.05) is 0 Å². The van der Waals surface area contributed by atoms with Crippen molar-refractivity contribution in [3.63, 3.8) is 0 Å². The molecule has 0 fully saturated rings. The Morgan fingerprint density at radius 3 is 2.64 bits per heavy atom. The molecular formula is C19H17FN2. The van der Waals surface area contributed by atoms with Crippen LogP contribution in [-0.4, -0.2) is 4.57 Å². The summed E-state index contributed by atoms with van der Waals surface area (Å²) in [6.07, 6.45) is 4.06. The van der Waals surface area contributed by atoms with Gasteiger partial charge in [0.25, 0.3) is 0 Å². The molecule has 22 heavy (non-hydrogen) atoms. The highest BCUT2D eigenvalue weighted by molar-refractivity contribution is 5.88. The van der Waals surface area contributed by atoms with Gasteiger partial charge >= 0.3 is 0 Å². The molecule has 1 aliphatic rings. The van der Waals surface area contributed by atoms with E-state index in [2.05, 4.69) is 35.8 Å². The van der Waals surface area contributed by atoms with Crippen LogP contribution < -0.4 is 16.3 Å². The minimum Gasteiger partial charge on any atom is -0.401 e. The second-order valence-electron chi connectivity index (χ2n) is 5.81. The fourth-order valence-corrected chi connectivity index (χ4v) is 3.41. The second-order valence-corrected chi connectivity index (χ2v) is 5.81. The molecular weight excluding hydrogens is 275 g/mol. The summed E-state index contributed by atoms with van der Waals surface area (Å²) in [6.45, 7) is 2.10. The van der Waals surface area contributed by atoms with E-state index in [1.54, 1.807) is 0 Å². The lowest BCUT2D eigenvalue weighted by Gasteiger charge is -2.09. The third kappa shape index (κ3) is 1.78. The van der Waals surface area contributed by atoms with Gasteiger partial charge in [-0.15, -0.1) is 0 Å². The standard InChI is InChI=1S/C19H17FN2/c1-12-4-2-5-15-18-16(21)6-3-7-17(18)22(19(12)15)14-10-8-13(20)9-11-14/h2,4-5,7-11H,3,6,21H2,1H3. The molecule has 0 aliphatic heterocycles. The summed E-state index contributed by atoms with van der Waals surface area (Å²) in [6, 6.07) is 12.9. The van der Waals surface area contributed by atoms with E-state index in [0.717, 1.165) is 40.3 Å². The number of nitrogens with two attached hydrogens (primary N) is 1. The van der Waals surface area contributed by atoms with Gasteiger partial charge in [0.1, 0.15) is 5.82 Å². The number of hydrogen-bond donors (Lipinski definition) is 1. The van der Waals surface area contributed by atoms with Gasteiger partial charge in [0.05, 0.1) is 10.9 Å². The highest BCUT2D eigenvalue weighted by Gasteiger charge is 2.15. The van der Waals surface area contributed by atoms with Crippen LogP contribution in [-0.2, 0) is 0 Å². The molecule has 0 spiro atoms. The van der Waals surface area contributed by atoms with Gasteiger partial charge in [0.2, 0.25) is 0 Å². The molecule has 1 aliphatic carbocycles. The fraction of sp³-hybridized carbons (Fsp3) is 0.158. The van der Waals surface area contributed by atoms with Crippen LogP contribution in [0.4, 0.5) is 4.39 Å². The Morgan fingerprint density at radius 1 is 1.09 bits per heavy atom. The van der Waals surface area contributed by atoms with E-state index in [4.69, 9.17) is 5.73 Å². The van der Waals surface area contributed by atoms with Gasteiger partial charge in [-0.3, -0.25) is 0 Å². The predicted molar refractivity (Wildman–Crippen MR) is 88.5 cm³/mol. The SMILES string of the molecule is Cc1cccc2c3c(n(-c4ccc(F)cc4)c12)=CCCC=3N. The van der Waals surface area contributed by atoms with Crippen LogP contribution in [0, 0.1) is 12.7 Å². The number of para-hydroxylation sites is 1. The molecule has 0 saturated carbocycles. The van der Waals surface area contributed by atoms with Crippen LogP contribution >= 0.6 is 0 Å². The predicted octanol–water partition coefficient (Wildman–Crippen LogP) is 2.72. The Hall–Kier alpha value is -2.55. The van der Waals surface area contributed by atoms with Crippen LogP contribution in [0.3, 0.4) is 0 Å². The summed E-state index contributed by atoms with van der Waals surface area (Å²) >= 11 is 0.